The molecule has 0 aromatic heterocycles. The fourth-order valence-electron chi connectivity index (χ4n) is 2.19. The molecule has 0 saturated carbocycles. The first-order chi connectivity index (χ1) is 9.63. The van der Waals surface area contributed by atoms with E-state index in [9.17, 15) is 4.79 Å². The summed E-state index contributed by atoms with van der Waals surface area (Å²) in [7, 11) is 1.63. The second-order valence-electron chi connectivity index (χ2n) is 4.57. The van der Waals surface area contributed by atoms with Crippen LogP contribution >= 0.6 is 0 Å². The van der Waals surface area contributed by atoms with Gasteiger partial charge >= 0.3 is 0 Å². The number of fused-ring (bicyclic) bond motifs is 1. The summed E-state index contributed by atoms with van der Waals surface area (Å²) in [5.41, 5.74) is 1.66. The first-order valence-corrected chi connectivity index (χ1v) is 6.39. The molecule has 1 amide bonds. The van der Waals surface area contributed by atoms with E-state index in [2.05, 4.69) is 11.4 Å². The molecule has 0 aliphatic carbocycles. The topological polar surface area (TPSA) is 62.1 Å². The zero-order valence-corrected chi connectivity index (χ0v) is 11.6. The summed E-state index contributed by atoms with van der Waals surface area (Å²) in [4.78, 5) is 10.9. The van der Waals surface area contributed by atoms with Gasteiger partial charge in [-0.2, -0.15) is 5.26 Å². The summed E-state index contributed by atoms with van der Waals surface area (Å²) in [5.74, 6) is 0.728. The second kappa shape index (κ2) is 6.07. The van der Waals surface area contributed by atoms with Gasteiger partial charge in [-0.25, -0.2) is 0 Å². The second-order valence-corrected chi connectivity index (χ2v) is 4.57. The Balaban J connectivity index is 2.42. The lowest BCUT2D eigenvalue weighted by Crippen LogP contribution is -2.22. The maximum Gasteiger partial charge on any atom is 0.216 e. The van der Waals surface area contributed by atoms with Gasteiger partial charge in [-0.05, 0) is 47.0 Å². The minimum atomic E-state index is -0.0525. The highest BCUT2D eigenvalue weighted by Crippen LogP contribution is 2.26. The number of carbonyl (C=O) groups excluding carboxylic acids is 1. The van der Waals surface area contributed by atoms with Gasteiger partial charge < -0.3 is 10.1 Å². The largest absolute Gasteiger partial charge is 0.497 e. The Morgan fingerprint density at radius 3 is 2.80 bits per heavy atom. The molecule has 2 aromatic rings. The van der Waals surface area contributed by atoms with E-state index in [0.717, 1.165) is 22.1 Å². The van der Waals surface area contributed by atoms with E-state index in [0.29, 0.717) is 18.5 Å². The summed E-state index contributed by atoms with van der Waals surface area (Å²) in [5, 5.41) is 13.9. The monoisotopic (exact) mass is 268 g/mol. The Bertz CT molecular complexity index is 687. The van der Waals surface area contributed by atoms with Crippen molar-refractivity contribution in [3.8, 4) is 11.8 Å². The van der Waals surface area contributed by atoms with Crippen molar-refractivity contribution in [3.05, 3.63) is 41.5 Å². The van der Waals surface area contributed by atoms with E-state index in [1.807, 2.05) is 30.3 Å². The average Bonchev–Trinajstić information content (AvgIpc) is 2.46. The maximum absolute atomic E-state index is 10.9. The molecular formula is C16H16N2O2. The quantitative estimate of drug-likeness (QED) is 0.926. The van der Waals surface area contributed by atoms with Crippen LogP contribution in [0.25, 0.3) is 10.8 Å². The molecule has 0 saturated heterocycles. The first-order valence-electron chi connectivity index (χ1n) is 6.39. The number of benzene rings is 2. The predicted molar refractivity (Wildman–Crippen MR) is 77.6 cm³/mol. The van der Waals surface area contributed by atoms with E-state index < -0.39 is 0 Å². The molecular weight excluding hydrogens is 252 g/mol. The molecule has 102 valence electrons. The van der Waals surface area contributed by atoms with Gasteiger partial charge in [-0.1, -0.05) is 6.07 Å². The Morgan fingerprint density at radius 1 is 1.35 bits per heavy atom. The van der Waals surface area contributed by atoms with Crippen LogP contribution in [0.1, 0.15) is 18.1 Å². The van der Waals surface area contributed by atoms with Gasteiger partial charge in [0.2, 0.25) is 5.91 Å². The number of hydrogen-bond acceptors (Lipinski definition) is 3. The number of nitrogens with one attached hydrogen (secondary N) is 1. The van der Waals surface area contributed by atoms with Crippen LogP contribution in [-0.4, -0.2) is 19.6 Å². The number of amides is 1. The van der Waals surface area contributed by atoms with Gasteiger partial charge in [0.25, 0.3) is 0 Å². The SMILES string of the molecule is COc1ccc2cc(C#N)cc(CCNC(C)=O)c2c1. The van der Waals surface area contributed by atoms with E-state index in [4.69, 9.17) is 10.00 Å². The number of carbonyl (C=O) groups is 1. The molecule has 0 fully saturated rings. The summed E-state index contributed by atoms with van der Waals surface area (Å²) in [6.45, 7) is 2.05. The van der Waals surface area contributed by atoms with Crippen LogP contribution in [0, 0.1) is 11.3 Å². The lowest BCUT2D eigenvalue weighted by Gasteiger charge is -2.10. The predicted octanol–water partition coefficient (Wildman–Crippen LogP) is 2.40. The van der Waals surface area contributed by atoms with Crippen molar-refractivity contribution in [1.29, 1.82) is 5.26 Å². The normalized spacial score (nSPS) is 10.1. The third kappa shape index (κ3) is 3.07. The zero-order chi connectivity index (χ0) is 14.5. The summed E-state index contributed by atoms with van der Waals surface area (Å²) >= 11 is 0. The molecule has 0 heterocycles. The Labute approximate surface area is 118 Å². The third-order valence-electron chi connectivity index (χ3n) is 3.14. The highest BCUT2D eigenvalue weighted by atomic mass is 16.5. The molecule has 0 aliphatic heterocycles. The van der Waals surface area contributed by atoms with E-state index in [1.54, 1.807) is 7.11 Å². The van der Waals surface area contributed by atoms with Gasteiger partial charge in [-0.3, -0.25) is 4.79 Å². The van der Waals surface area contributed by atoms with E-state index in [-0.39, 0.29) is 5.91 Å². The molecule has 0 radical (unpaired) electrons. The number of nitriles is 1. The van der Waals surface area contributed by atoms with E-state index >= 15 is 0 Å². The van der Waals surface area contributed by atoms with Crippen molar-refractivity contribution in [3.63, 3.8) is 0 Å². The molecule has 0 unspecified atom stereocenters. The minimum Gasteiger partial charge on any atom is -0.497 e. The van der Waals surface area contributed by atoms with Gasteiger partial charge in [0.1, 0.15) is 5.75 Å². The zero-order valence-electron chi connectivity index (χ0n) is 11.6. The van der Waals surface area contributed by atoms with Crippen molar-refractivity contribution in [2.75, 3.05) is 13.7 Å². The molecule has 0 bridgehead atoms. The van der Waals surface area contributed by atoms with Crippen molar-refractivity contribution in [2.45, 2.75) is 13.3 Å². The molecule has 2 aromatic carbocycles. The molecule has 0 spiro atoms. The lowest BCUT2D eigenvalue weighted by molar-refractivity contribution is -0.118. The van der Waals surface area contributed by atoms with Crippen LogP contribution in [0.3, 0.4) is 0 Å². The van der Waals surface area contributed by atoms with Crippen molar-refractivity contribution in [1.82, 2.24) is 5.32 Å². The van der Waals surface area contributed by atoms with Crippen LogP contribution in [-0.2, 0) is 11.2 Å². The Hall–Kier alpha value is -2.54. The molecule has 1 N–H and O–H groups in total. The van der Waals surface area contributed by atoms with Gasteiger partial charge in [0.15, 0.2) is 0 Å². The van der Waals surface area contributed by atoms with Crippen LogP contribution < -0.4 is 10.1 Å². The van der Waals surface area contributed by atoms with Crippen molar-refractivity contribution >= 4 is 16.7 Å². The number of nitrogens with zero attached hydrogens (tertiary/aromatic N) is 1. The standard InChI is InChI=1S/C16H16N2O2/c1-11(19)18-6-5-14-8-12(10-17)7-13-3-4-15(20-2)9-16(13)14/h3-4,7-9H,5-6H2,1-2H3,(H,18,19). The lowest BCUT2D eigenvalue weighted by atomic mass is 9.99. The van der Waals surface area contributed by atoms with Crippen LogP contribution in [0.15, 0.2) is 30.3 Å². The van der Waals surface area contributed by atoms with Crippen molar-refractivity contribution < 1.29 is 9.53 Å². The van der Waals surface area contributed by atoms with Gasteiger partial charge in [0, 0.05) is 13.5 Å². The van der Waals surface area contributed by atoms with Crippen LogP contribution in [0.4, 0.5) is 0 Å². The average molecular weight is 268 g/mol. The molecule has 4 nitrogen and oxygen atoms in total. The minimum absolute atomic E-state index is 0.0525. The summed E-state index contributed by atoms with van der Waals surface area (Å²) in [6, 6.07) is 11.7. The fourth-order valence-corrected chi connectivity index (χ4v) is 2.19. The van der Waals surface area contributed by atoms with E-state index in [1.165, 1.54) is 6.92 Å². The number of hydrogen-bond donors (Lipinski definition) is 1. The maximum atomic E-state index is 10.9. The van der Waals surface area contributed by atoms with Gasteiger partial charge in [0.05, 0.1) is 18.7 Å². The molecule has 0 atom stereocenters. The Kier molecular flexibility index (Phi) is 4.21. The first kappa shape index (κ1) is 13.9. The van der Waals surface area contributed by atoms with Gasteiger partial charge in [-0.15, -0.1) is 0 Å². The molecule has 4 heteroatoms. The van der Waals surface area contributed by atoms with Crippen molar-refractivity contribution in [2.24, 2.45) is 0 Å². The number of rotatable bonds is 4. The fraction of sp³-hybridized carbons (Fsp3) is 0.250. The highest BCUT2D eigenvalue weighted by molar-refractivity contribution is 5.88. The molecule has 0 aliphatic rings. The Morgan fingerprint density at radius 2 is 2.15 bits per heavy atom. The third-order valence-corrected chi connectivity index (χ3v) is 3.14. The smallest absolute Gasteiger partial charge is 0.216 e. The van der Waals surface area contributed by atoms with Crippen LogP contribution in [0.2, 0.25) is 0 Å². The highest BCUT2D eigenvalue weighted by Gasteiger charge is 2.06. The molecule has 20 heavy (non-hydrogen) atoms. The van der Waals surface area contributed by atoms with Crippen LogP contribution in [0.5, 0.6) is 5.75 Å². The number of ether oxygens (including phenoxy) is 1. The number of methoxy groups -OCH3 is 1. The summed E-state index contributed by atoms with van der Waals surface area (Å²) in [6.07, 6.45) is 0.679. The molecule has 2 rings (SSSR count). The summed E-state index contributed by atoms with van der Waals surface area (Å²) < 4.78 is 5.24.